The summed E-state index contributed by atoms with van der Waals surface area (Å²) in [6, 6.07) is 12.6. The van der Waals surface area contributed by atoms with E-state index in [1.165, 1.54) is 12.1 Å². The maximum atomic E-state index is 13.3. The van der Waals surface area contributed by atoms with Crippen molar-refractivity contribution in [3.05, 3.63) is 59.9 Å². The van der Waals surface area contributed by atoms with Crippen molar-refractivity contribution in [2.24, 2.45) is 0 Å². The molecule has 0 bridgehead atoms. The van der Waals surface area contributed by atoms with Gasteiger partial charge < -0.3 is 10.5 Å². The van der Waals surface area contributed by atoms with Crippen LogP contribution in [0.3, 0.4) is 0 Å². The van der Waals surface area contributed by atoms with Crippen molar-refractivity contribution >= 4 is 15.5 Å². The fourth-order valence-electron chi connectivity index (χ4n) is 1.61. The van der Waals surface area contributed by atoms with Gasteiger partial charge in [0.15, 0.2) is 5.94 Å². The minimum atomic E-state index is -3.69. The quantitative estimate of drug-likeness (QED) is 0.860. The standard InChI is InChI=1S/C14H14FNO3S/c15-13-8-12(6-7-14(13)16)20(17,18)10-19-9-11-4-2-1-3-5-11/h1-8H,9-10,16H2. The van der Waals surface area contributed by atoms with E-state index in [2.05, 4.69) is 0 Å². The van der Waals surface area contributed by atoms with Crippen molar-refractivity contribution in [1.29, 1.82) is 0 Å². The number of rotatable bonds is 5. The zero-order chi connectivity index (χ0) is 14.6. The highest BCUT2D eigenvalue weighted by Gasteiger charge is 2.16. The van der Waals surface area contributed by atoms with Crippen LogP contribution in [0.1, 0.15) is 5.56 Å². The van der Waals surface area contributed by atoms with Gasteiger partial charge in [-0.1, -0.05) is 30.3 Å². The number of nitrogens with two attached hydrogens (primary N) is 1. The Kier molecular flexibility index (Phi) is 4.36. The van der Waals surface area contributed by atoms with E-state index in [1.807, 2.05) is 30.3 Å². The van der Waals surface area contributed by atoms with Gasteiger partial charge in [-0.15, -0.1) is 0 Å². The van der Waals surface area contributed by atoms with Crippen LogP contribution in [0.2, 0.25) is 0 Å². The summed E-state index contributed by atoms with van der Waals surface area (Å²) in [4.78, 5) is -0.141. The van der Waals surface area contributed by atoms with Crippen LogP contribution in [0.5, 0.6) is 0 Å². The van der Waals surface area contributed by atoms with Crippen LogP contribution in [0, 0.1) is 5.82 Å². The first-order chi connectivity index (χ1) is 9.49. The summed E-state index contributed by atoms with van der Waals surface area (Å²) in [5.41, 5.74) is 6.09. The first-order valence-electron chi connectivity index (χ1n) is 5.88. The largest absolute Gasteiger partial charge is 0.396 e. The Bertz CT molecular complexity index is 687. The second kappa shape index (κ2) is 6.02. The molecule has 0 saturated carbocycles. The monoisotopic (exact) mass is 295 g/mol. The highest BCUT2D eigenvalue weighted by Crippen LogP contribution is 2.18. The maximum Gasteiger partial charge on any atom is 0.202 e. The van der Waals surface area contributed by atoms with Crippen LogP contribution >= 0.6 is 0 Å². The molecular weight excluding hydrogens is 281 g/mol. The van der Waals surface area contributed by atoms with Crippen molar-refractivity contribution in [2.45, 2.75) is 11.5 Å². The lowest BCUT2D eigenvalue weighted by Gasteiger charge is -2.07. The van der Waals surface area contributed by atoms with Crippen molar-refractivity contribution in [3.63, 3.8) is 0 Å². The summed E-state index contributed by atoms with van der Waals surface area (Å²) < 4.78 is 42.3. The smallest absolute Gasteiger partial charge is 0.202 e. The van der Waals surface area contributed by atoms with Gasteiger partial charge in [0.2, 0.25) is 9.84 Å². The fourth-order valence-corrected chi connectivity index (χ4v) is 2.61. The molecule has 2 N–H and O–H groups in total. The van der Waals surface area contributed by atoms with Gasteiger partial charge in [0.25, 0.3) is 0 Å². The van der Waals surface area contributed by atoms with Gasteiger partial charge in [-0.3, -0.25) is 0 Å². The molecule has 0 aliphatic carbocycles. The molecule has 0 amide bonds. The molecule has 106 valence electrons. The summed E-state index contributed by atoms with van der Waals surface area (Å²) in [6.07, 6.45) is 0. The molecule has 0 saturated heterocycles. The lowest BCUT2D eigenvalue weighted by molar-refractivity contribution is 0.163. The van der Waals surface area contributed by atoms with Gasteiger partial charge in [-0.25, -0.2) is 12.8 Å². The Hall–Kier alpha value is -1.92. The molecule has 0 spiro atoms. The Balaban J connectivity index is 2.02. The number of halogens is 1. The SMILES string of the molecule is Nc1ccc(S(=O)(=O)COCc2ccccc2)cc1F. The fraction of sp³-hybridized carbons (Fsp3) is 0.143. The van der Waals surface area contributed by atoms with Gasteiger partial charge in [0, 0.05) is 0 Å². The van der Waals surface area contributed by atoms with E-state index >= 15 is 0 Å². The molecule has 4 nitrogen and oxygen atoms in total. The topological polar surface area (TPSA) is 69.4 Å². The normalized spacial score (nSPS) is 11.4. The van der Waals surface area contributed by atoms with Crippen LogP contribution < -0.4 is 5.73 Å². The first kappa shape index (κ1) is 14.5. The highest BCUT2D eigenvalue weighted by atomic mass is 32.2. The van der Waals surface area contributed by atoms with Crippen LogP contribution in [0.4, 0.5) is 10.1 Å². The first-order valence-corrected chi connectivity index (χ1v) is 7.54. The number of benzene rings is 2. The van der Waals surface area contributed by atoms with Crippen LogP contribution in [-0.4, -0.2) is 14.4 Å². The number of hydrogen-bond acceptors (Lipinski definition) is 4. The third-order valence-electron chi connectivity index (χ3n) is 2.68. The predicted octanol–water partition coefficient (Wildman–Crippen LogP) is 2.36. The molecule has 2 aromatic carbocycles. The maximum absolute atomic E-state index is 13.3. The summed E-state index contributed by atoms with van der Waals surface area (Å²) >= 11 is 0. The number of nitrogen functional groups attached to an aromatic ring is 1. The number of hydrogen-bond donors (Lipinski definition) is 1. The van der Waals surface area contributed by atoms with E-state index in [-0.39, 0.29) is 17.2 Å². The van der Waals surface area contributed by atoms with Crippen LogP contribution in [-0.2, 0) is 21.2 Å². The second-order valence-electron chi connectivity index (χ2n) is 4.25. The van der Waals surface area contributed by atoms with Gasteiger partial charge in [-0.05, 0) is 23.8 Å². The average Bonchev–Trinajstić information content (AvgIpc) is 2.43. The van der Waals surface area contributed by atoms with Crippen molar-refractivity contribution in [1.82, 2.24) is 0 Å². The third-order valence-corrected chi connectivity index (χ3v) is 4.13. The molecule has 0 heterocycles. The molecule has 20 heavy (non-hydrogen) atoms. The van der Waals surface area contributed by atoms with E-state index in [1.54, 1.807) is 0 Å². The molecule has 2 rings (SSSR count). The molecule has 6 heteroatoms. The second-order valence-corrected chi connectivity index (χ2v) is 6.19. The lowest BCUT2D eigenvalue weighted by Crippen LogP contribution is -2.10. The minimum absolute atomic E-state index is 0.0887. The van der Waals surface area contributed by atoms with Gasteiger partial charge >= 0.3 is 0 Å². The molecule has 0 fully saturated rings. The third kappa shape index (κ3) is 3.55. The molecule has 0 aliphatic heterocycles. The highest BCUT2D eigenvalue weighted by molar-refractivity contribution is 7.91. The summed E-state index contributed by atoms with van der Waals surface area (Å²) in [5, 5.41) is 0. The lowest BCUT2D eigenvalue weighted by atomic mass is 10.2. The zero-order valence-electron chi connectivity index (χ0n) is 10.6. The van der Waals surface area contributed by atoms with Gasteiger partial charge in [-0.2, -0.15) is 0 Å². The van der Waals surface area contributed by atoms with Gasteiger partial charge in [0.05, 0.1) is 17.2 Å². The minimum Gasteiger partial charge on any atom is -0.396 e. The molecule has 0 atom stereocenters. The van der Waals surface area contributed by atoms with E-state index < -0.39 is 21.6 Å². The zero-order valence-corrected chi connectivity index (χ0v) is 11.4. The number of anilines is 1. The Labute approximate surface area is 116 Å². The Morgan fingerprint density at radius 1 is 1.10 bits per heavy atom. The number of ether oxygens (including phenoxy) is 1. The van der Waals surface area contributed by atoms with Crippen LogP contribution in [0.25, 0.3) is 0 Å². The molecule has 0 radical (unpaired) electrons. The average molecular weight is 295 g/mol. The molecular formula is C14H14FNO3S. The van der Waals surface area contributed by atoms with Crippen molar-refractivity contribution in [3.8, 4) is 0 Å². The molecule has 0 aliphatic rings. The molecule has 0 unspecified atom stereocenters. The van der Waals surface area contributed by atoms with E-state index in [0.29, 0.717) is 0 Å². The molecule has 0 aromatic heterocycles. The van der Waals surface area contributed by atoms with Crippen molar-refractivity contribution < 1.29 is 17.5 Å². The summed E-state index contributed by atoms with van der Waals surface area (Å²) in [5.74, 6) is -1.26. The molecule has 2 aromatic rings. The van der Waals surface area contributed by atoms with E-state index in [0.717, 1.165) is 11.6 Å². The number of sulfone groups is 1. The van der Waals surface area contributed by atoms with Gasteiger partial charge in [0.1, 0.15) is 5.82 Å². The predicted molar refractivity (Wildman–Crippen MR) is 74.1 cm³/mol. The Morgan fingerprint density at radius 2 is 1.80 bits per heavy atom. The van der Waals surface area contributed by atoms with E-state index in [4.69, 9.17) is 10.5 Å². The van der Waals surface area contributed by atoms with Crippen molar-refractivity contribution in [2.75, 3.05) is 11.7 Å². The summed E-state index contributed by atoms with van der Waals surface area (Å²) in [6.45, 7) is 0.178. The summed E-state index contributed by atoms with van der Waals surface area (Å²) in [7, 11) is -3.69. The van der Waals surface area contributed by atoms with E-state index in [9.17, 15) is 12.8 Å². The Morgan fingerprint density at radius 3 is 2.45 bits per heavy atom. The van der Waals surface area contributed by atoms with Crippen LogP contribution in [0.15, 0.2) is 53.4 Å².